The maximum Gasteiger partial charge on any atom is 0.393 e. The number of aromatic nitrogens is 2. The summed E-state index contributed by atoms with van der Waals surface area (Å²) in [6, 6.07) is 1.62. The number of hydrogen-bond acceptors (Lipinski definition) is 6. The molecular weight excluding hydrogens is 401 g/mol. The Morgan fingerprint density at radius 3 is 2.69 bits per heavy atom. The van der Waals surface area contributed by atoms with Crippen molar-refractivity contribution in [2.24, 2.45) is 5.41 Å². The number of piperidine rings is 1. The molecule has 2 aromatic heterocycles. The Hall–Kier alpha value is -1.45. The van der Waals surface area contributed by atoms with Crippen LogP contribution in [-0.2, 0) is 11.2 Å². The monoisotopic (exact) mass is 426 g/mol. The summed E-state index contributed by atoms with van der Waals surface area (Å²) >= 11 is 1.12. The number of nitrogens with zero attached hydrogens (tertiary/aromatic N) is 4. The smallest absolute Gasteiger partial charge is 0.377 e. The first-order chi connectivity index (χ1) is 13.9. The predicted octanol–water partition coefficient (Wildman–Crippen LogP) is 3.88. The average molecular weight is 427 g/mol. The second kappa shape index (κ2) is 7.35. The zero-order chi connectivity index (χ0) is 20.1. The van der Waals surface area contributed by atoms with E-state index in [0.717, 1.165) is 74.7 Å². The molecule has 3 aliphatic rings. The number of likely N-dealkylation sites (tertiary alicyclic amines) is 1. The van der Waals surface area contributed by atoms with Crippen molar-refractivity contribution in [2.75, 3.05) is 44.2 Å². The first kappa shape index (κ1) is 19.5. The van der Waals surface area contributed by atoms with E-state index < -0.39 is 12.6 Å². The summed E-state index contributed by atoms with van der Waals surface area (Å²) in [5, 5.41) is 0.751. The lowest BCUT2D eigenvalue weighted by Gasteiger charge is -2.54. The molecule has 0 bridgehead atoms. The van der Waals surface area contributed by atoms with Gasteiger partial charge < -0.3 is 9.64 Å². The molecular formula is C20H25F3N4OS. The van der Waals surface area contributed by atoms with Gasteiger partial charge in [-0.3, -0.25) is 4.90 Å². The summed E-state index contributed by atoms with van der Waals surface area (Å²) < 4.78 is 44.0. The van der Waals surface area contributed by atoms with E-state index in [4.69, 9.17) is 4.74 Å². The van der Waals surface area contributed by atoms with Gasteiger partial charge in [-0.15, -0.1) is 11.3 Å². The van der Waals surface area contributed by atoms with Crippen LogP contribution in [0.15, 0.2) is 12.4 Å². The molecule has 9 heteroatoms. The standard InChI is InChI=1S/C20H25F3N4OS/c21-20(22,23)9-15-8-16-17(24-13-25-18(16)29-15)27-5-3-19(4-6-27)11-26(12-19)10-14-2-1-7-28-14/h8,13-14H,1-7,9-12H2. The number of thiophene rings is 1. The quantitative estimate of drug-likeness (QED) is 0.742. The minimum atomic E-state index is -4.20. The van der Waals surface area contributed by atoms with Gasteiger partial charge in [-0.25, -0.2) is 9.97 Å². The molecule has 0 saturated carbocycles. The second-order valence-corrected chi connectivity index (χ2v) is 9.83. The van der Waals surface area contributed by atoms with E-state index in [0.29, 0.717) is 21.2 Å². The maximum absolute atomic E-state index is 12.8. The summed E-state index contributed by atoms with van der Waals surface area (Å²) in [6.45, 7) is 6.00. The molecule has 5 rings (SSSR count). The van der Waals surface area contributed by atoms with Gasteiger partial charge in [0.2, 0.25) is 0 Å². The lowest BCUT2D eigenvalue weighted by atomic mass is 9.72. The highest BCUT2D eigenvalue weighted by molar-refractivity contribution is 7.18. The van der Waals surface area contributed by atoms with Crippen molar-refractivity contribution in [1.82, 2.24) is 14.9 Å². The van der Waals surface area contributed by atoms with Crippen molar-refractivity contribution in [3.05, 3.63) is 17.3 Å². The molecule has 3 fully saturated rings. The molecule has 0 N–H and O–H groups in total. The maximum atomic E-state index is 12.8. The molecule has 5 heterocycles. The largest absolute Gasteiger partial charge is 0.393 e. The number of fused-ring (bicyclic) bond motifs is 1. The normalized spacial score (nSPS) is 25.1. The van der Waals surface area contributed by atoms with E-state index in [2.05, 4.69) is 19.8 Å². The molecule has 3 aliphatic heterocycles. The number of alkyl halides is 3. The molecule has 1 atom stereocenters. The van der Waals surface area contributed by atoms with Crippen molar-refractivity contribution < 1.29 is 17.9 Å². The molecule has 2 aromatic rings. The molecule has 1 unspecified atom stereocenters. The Balaban J connectivity index is 1.22. The second-order valence-electron chi connectivity index (χ2n) is 8.71. The van der Waals surface area contributed by atoms with E-state index >= 15 is 0 Å². The minimum absolute atomic E-state index is 0.298. The first-order valence-corrected chi connectivity index (χ1v) is 11.1. The first-order valence-electron chi connectivity index (χ1n) is 10.3. The highest BCUT2D eigenvalue weighted by Gasteiger charge is 2.45. The summed E-state index contributed by atoms with van der Waals surface area (Å²) in [7, 11) is 0. The van der Waals surface area contributed by atoms with Gasteiger partial charge in [-0.1, -0.05) is 0 Å². The van der Waals surface area contributed by atoms with Crippen molar-refractivity contribution in [3.8, 4) is 0 Å². The molecule has 5 nitrogen and oxygen atoms in total. The van der Waals surface area contributed by atoms with Gasteiger partial charge in [0.25, 0.3) is 0 Å². The van der Waals surface area contributed by atoms with Crippen LogP contribution in [0.4, 0.5) is 19.0 Å². The van der Waals surface area contributed by atoms with Crippen LogP contribution in [0.3, 0.4) is 0 Å². The average Bonchev–Trinajstić information content (AvgIpc) is 3.28. The van der Waals surface area contributed by atoms with Crippen LogP contribution >= 0.6 is 11.3 Å². The molecule has 0 radical (unpaired) electrons. The van der Waals surface area contributed by atoms with E-state index in [1.807, 2.05) is 0 Å². The number of hydrogen-bond donors (Lipinski definition) is 0. The highest BCUT2D eigenvalue weighted by Crippen LogP contribution is 2.43. The Labute approximate surface area is 171 Å². The number of ether oxygens (including phenoxy) is 1. The van der Waals surface area contributed by atoms with Gasteiger partial charge in [-0.05, 0) is 37.2 Å². The summed E-state index contributed by atoms with van der Waals surface area (Å²) in [6.07, 6.45) is 1.33. The van der Waals surface area contributed by atoms with Crippen molar-refractivity contribution >= 4 is 27.4 Å². The van der Waals surface area contributed by atoms with Crippen LogP contribution in [-0.4, -0.2) is 66.5 Å². The molecule has 29 heavy (non-hydrogen) atoms. The zero-order valence-corrected chi connectivity index (χ0v) is 17.1. The predicted molar refractivity (Wildman–Crippen MR) is 106 cm³/mol. The van der Waals surface area contributed by atoms with Gasteiger partial charge in [0, 0.05) is 44.2 Å². The number of anilines is 1. The van der Waals surface area contributed by atoms with E-state index in [9.17, 15) is 13.2 Å². The van der Waals surface area contributed by atoms with Gasteiger partial charge >= 0.3 is 6.18 Å². The fourth-order valence-electron chi connectivity index (χ4n) is 5.05. The van der Waals surface area contributed by atoms with Crippen LogP contribution in [0.5, 0.6) is 0 Å². The summed E-state index contributed by atoms with van der Waals surface area (Å²) in [5.41, 5.74) is 0.386. The number of halogens is 3. The molecule has 1 spiro atoms. The van der Waals surface area contributed by atoms with E-state index in [-0.39, 0.29) is 0 Å². The van der Waals surface area contributed by atoms with Crippen LogP contribution in [0, 0.1) is 5.41 Å². The lowest BCUT2D eigenvalue weighted by molar-refractivity contribution is -0.126. The summed E-state index contributed by atoms with van der Waals surface area (Å²) in [4.78, 5) is 14.3. The third kappa shape index (κ3) is 4.09. The van der Waals surface area contributed by atoms with E-state index in [1.165, 1.54) is 19.2 Å². The van der Waals surface area contributed by atoms with Gasteiger partial charge in [0.05, 0.1) is 17.9 Å². The van der Waals surface area contributed by atoms with Crippen LogP contribution in [0.1, 0.15) is 30.6 Å². The van der Waals surface area contributed by atoms with E-state index in [1.54, 1.807) is 6.07 Å². The molecule has 0 aliphatic carbocycles. The minimum Gasteiger partial charge on any atom is -0.377 e. The number of rotatable bonds is 4. The Kier molecular flexibility index (Phi) is 4.95. The van der Waals surface area contributed by atoms with Crippen molar-refractivity contribution in [2.45, 2.75) is 44.4 Å². The van der Waals surface area contributed by atoms with Crippen LogP contribution in [0.2, 0.25) is 0 Å². The van der Waals surface area contributed by atoms with Crippen molar-refractivity contribution in [1.29, 1.82) is 0 Å². The molecule has 158 valence electrons. The highest BCUT2D eigenvalue weighted by atomic mass is 32.1. The zero-order valence-electron chi connectivity index (χ0n) is 16.2. The van der Waals surface area contributed by atoms with Gasteiger partial charge in [-0.2, -0.15) is 13.2 Å². The van der Waals surface area contributed by atoms with Gasteiger partial charge in [0.15, 0.2) is 0 Å². The fourth-order valence-corrected chi connectivity index (χ4v) is 6.07. The Morgan fingerprint density at radius 1 is 1.21 bits per heavy atom. The topological polar surface area (TPSA) is 41.5 Å². The third-order valence-electron chi connectivity index (χ3n) is 6.46. The van der Waals surface area contributed by atoms with Crippen LogP contribution in [0.25, 0.3) is 10.2 Å². The summed E-state index contributed by atoms with van der Waals surface area (Å²) in [5.74, 6) is 0.782. The fraction of sp³-hybridized carbons (Fsp3) is 0.700. The Morgan fingerprint density at radius 2 is 2.00 bits per heavy atom. The molecule has 0 aromatic carbocycles. The molecule has 3 saturated heterocycles. The van der Waals surface area contributed by atoms with Gasteiger partial charge in [0.1, 0.15) is 17.0 Å². The third-order valence-corrected chi connectivity index (χ3v) is 7.50. The molecule has 0 amide bonds. The van der Waals surface area contributed by atoms with Crippen molar-refractivity contribution in [3.63, 3.8) is 0 Å². The van der Waals surface area contributed by atoms with Crippen LogP contribution < -0.4 is 4.90 Å². The SMILES string of the molecule is FC(F)(F)Cc1cc2c(N3CCC4(CC3)CN(CC3CCCO3)C4)ncnc2s1. The lowest BCUT2D eigenvalue weighted by Crippen LogP contribution is -2.61. The Bertz CT molecular complexity index is 864.